The van der Waals surface area contributed by atoms with Gasteiger partial charge < -0.3 is 24.8 Å². The number of fused-ring (bicyclic) bond motifs is 1. The van der Waals surface area contributed by atoms with Crippen LogP contribution in [0.15, 0.2) is 47.5 Å². The molecule has 2 N–H and O–H groups in total. The molecule has 7 heteroatoms. The molecule has 26 heavy (non-hydrogen) atoms. The lowest BCUT2D eigenvalue weighted by atomic mass is 10.2. The van der Waals surface area contributed by atoms with Crippen molar-refractivity contribution in [3.05, 3.63) is 53.8 Å². The predicted molar refractivity (Wildman–Crippen MR) is 97.3 cm³/mol. The summed E-state index contributed by atoms with van der Waals surface area (Å²) in [5, 5.41) is 6.39. The Morgan fingerprint density at radius 2 is 2.00 bits per heavy atom. The number of benzene rings is 2. The molecule has 0 radical (unpaired) electrons. The Morgan fingerprint density at radius 3 is 2.81 bits per heavy atom. The van der Waals surface area contributed by atoms with Crippen LogP contribution < -0.4 is 24.8 Å². The minimum absolute atomic E-state index is 0.226. The second kappa shape index (κ2) is 8.42. The Morgan fingerprint density at radius 1 is 1.19 bits per heavy atom. The second-order valence-corrected chi connectivity index (χ2v) is 5.85. The Labute approximate surface area is 152 Å². The van der Waals surface area contributed by atoms with Gasteiger partial charge in [-0.05, 0) is 36.8 Å². The van der Waals surface area contributed by atoms with Crippen LogP contribution in [-0.2, 0) is 6.54 Å². The van der Waals surface area contributed by atoms with E-state index in [2.05, 4.69) is 15.6 Å². The molecule has 138 valence electrons. The van der Waals surface area contributed by atoms with Crippen molar-refractivity contribution in [3.63, 3.8) is 0 Å². The fourth-order valence-electron chi connectivity index (χ4n) is 2.50. The molecule has 2 aromatic rings. The van der Waals surface area contributed by atoms with E-state index < -0.39 is 0 Å². The Hall–Kier alpha value is -2.96. The molecule has 1 unspecified atom stereocenters. The number of rotatable bonds is 6. The van der Waals surface area contributed by atoms with Gasteiger partial charge in [-0.3, -0.25) is 4.99 Å². The van der Waals surface area contributed by atoms with Gasteiger partial charge in [0.15, 0.2) is 29.0 Å². The molecule has 0 saturated carbocycles. The van der Waals surface area contributed by atoms with Crippen molar-refractivity contribution in [2.24, 2.45) is 4.99 Å². The number of hydrogen-bond acceptors (Lipinski definition) is 4. The predicted octanol–water partition coefficient (Wildman–Crippen LogP) is 2.69. The van der Waals surface area contributed by atoms with E-state index in [-0.39, 0.29) is 24.5 Å². The van der Waals surface area contributed by atoms with E-state index >= 15 is 0 Å². The highest BCUT2D eigenvalue weighted by molar-refractivity contribution is 5.79. The zero-order chi connectivity index (χ0) is 18.4. The van der Waals surface area contributed by atoms with Gasteiger partial charge in [0, 0.05) is 13.6 Å². The minimum Gasteiger partial charge on any atom is -0.486 e. The summed E-state index contributed by atoms with van der Waals surface area (Å²) >= 11 is 0. The molecule has 0 bridgehead atoms. The monoisotopic (exact) mass is 359 g/mol. The summed E-state index contributed by atoms with van der Waals surface area (Å²) in [5.74, 6) is 2.01. The minimum atomic E-state index is -0.371. The molecule has 0 amide bonds. The SMILES string of the molecule is CN=C(NCc1ccc2c(c1)OCO2)NCC(C)Oc1ccccc1F. The molecule has 1 atom stereocenters. The van der Waals surface area contributed by atoms with Crippen LogP contribution in [0.25, 0.3) is 0 Å². The lowest BCUT2D eigenvalue weighted by Gasteiger charge is -2.18. The average molecular weight is 359 g/mol. The van der Waals surface area contributed by atoms with Crippen molar-refractivity contribution in [3.8, 4) is 17.2 Å². The van der Waals surface area contributed by atoms with Gasteiger partial charge in [-0.1, -0.05) is 18.2 Å². The zero-order valence-corrected chi connectivity index (χ0v) is 14.8. The summed E-state index contributed by atoms with van der Waals surface area (Å²) in [7, 11) is 1.69. The van der Waals surface area contributed by atoms with Gasteiger partial charge in [0.05, 0.1) is 6.54 Å². The van der Waals surface area contributed by atoms with E-state index in [4.69, 9.17) is 14.2 Å². The zero-order valence-electron chi connectivity index (χ0n) is 14.8. The largest absolute Gasteiger partial charge is 0.486 e. The third kappa shape index (κ3) is 4.56. The van der Waals surface area contributed by atoms with Gasteiger partial charge >= 0.3 is 0 Å². The van der Waals surface area contributed by atoms with Gasteiger partial charge in [-0.25, -0.2) is 4.39 Å². The van der Waals surface area contributed by atoms with Crippen LogP contribution >= 0.6 is 0 Å². The van der Waals surface area contributed by atoms with Crippen molar-refractivity contribution in [2.45, 2.75) is 19.6 Å². The van der Waals surface area contributed by atoms with Crippen LogP contribution in [0, 0.1) is 5.82 Å². The summed E-state index contributed by atoms with van der Waals surface area (Å²) in [6.07, 6.45) is -0.226. The Balaban J connectivity index is 1.46. The van der Waals surface area contributed by atoms with Crippen LogP contribution in [0.3, 0.4) is 0 Å². The molecule has 6 nitrogen and oxygen atoms in total. The van der Waals surface area contributed by atoms with E-state index in [0.29, 0.717) is 19.0 Å². The molecule has 0 spiro atoms. The highest BCUT2D eigenvalue weighted by Gasteiger charge is 2.13. The molecule has 1 aliphatic heterocycles. The normalized spacial score (nSPS) is 14.0. The van der Waals surface area contributed by atoms with Crippen molar-refractivity contribution < 1.29 is 18.6 Å². The summed E-state index contributed by atoms with van der Waals surface area (Å²) in [5.41, 5.74) is 1.05. The average Bonchev–Trinajstić information content (AvgIpc) is 3.11. The fraction of sp³-hybridized carbons (Fsp3) is 0.316. The first-order valence-electron chi connectivity index (χ1n) is 8.40. The maximum Gasteiger partial charge on any atom is 0.231 e. The first-order valence-corrected chi connectivity index (χ1v) is 8.40. The maximum absolute atomic E-state index is 13.6. The van der Waals surface area contributed by atoms with Crippen LogP contribution in [-0.4, -0.2) is 32.4 Å². The van der Waals surface area contributed by atoms with Gasteiger partial charge in [-0.15, -0.1) is 0 Å². The lowest BCUT2D eigenvalue weighted by Crippen LogP contribution is -2.41. The number of nitrogens with one attached hydrogen (secondary N) is 2. The Kier molecular flexibility index (Phi) is 5.78. The van der Waals surface area contributed by atoms with Crippen molar-refractivity contribution in [2.75, 3.05) is 20.4 Å². The van der Waals surface area contributed by atoms with Gasteiger partial charge in [-0.2, -0.15) is 0 Å². The van der Waals surface area contributed by atoms with E-state index in [1.165, 1.54) is 6.07 Å². The van der Waals surface area contributed by atoms with E-state index in [1.807, 2.05) is 25.1 Å². The topological polar surface area (TPSA) is 64.1 Å². The first kappa shape index (κ1) is 17.8. The fourth-order valence-corrected chi connectivity index (χ4v) is 2.50. The van der Waals surface area contributed by atoms with E-state index in [0.717, 1.165) is 17.1 Å². The number of guanidine groups is 1. The van der Waals surface area contributed by atoms with Crippen LogP contribution in [0.2, 0.25) is 0 Å². The van der Waals surface area contributed by atoms with Crippen molar-refractivity contribution >= 4 is 5.96 Å². The van der Waals surface area contributed by atoms with Crippen molar-refractivity contribution in [1.29, 1.82) is 0 Å². The number of aliphatic imine (C=N–C) groups is 1. The number of nitrogens with zero attached hydrogens (tertiary/aromatic N) is 1. The number of hydrogen-bond donors (Lipinski definition) is 2. The molecule has 0 aliphatic carbocycles. The summed E-state index contributed by atoms with van der Waals surface area (Å²) in [6, 6.07) is 12.2. The van der Waals surface area contributed by atoms with E-state index in [9.17, 15) is 4.39 Å². The standard InChI is InChI=1S/C19H22FN3O3/c1-13(26-16-6-4-3-5-15(16)20)10-22-19(21-2)23-11-14-7-8-17-18(9-14)25-12-24-17/h3-9,13H,10-12H2,1-2H3,(H2,21,22,23). The van der Waals surface area contributed by atoms with Crippen LogP contribution in [0.5, 0.6) is 17.2 Å². The molecule has 3 rings (SSSR count). The van der Waals surface area contributed by atoms with Crippen LogP contribution in [0.1, 0.15) is 12.5 Å². The van der Waals surface area contributed by atoms with Gasteiger partial charge in [0.25, 0.3) is 0 Å². The molecule has 0 aromatic heterocycles. The summed E-state index contributed by atoms with van der Waals surface area (Å²) < 4.78 is 29.9. The molecule has 0 fully saturated rings. The third-order valence-corrected chi connectivity index (χ3v) is 3.84. The Bertz CT molecular complexity index is 782. The highest BCUT2D eigenvalue weighted by atomic mass is 19.1. The van der Waals surface area contributed by atoms with Crippen LogP contribution in [0.4, 0.5) is 4.39 Å². The maximum atomic E-state index is 13.6. The highest BCUT2D eigenvalue weighted by Crippen LogP contribution is 2.32. The lowest BCUT2D eigenvalue weighted by molar-refractivity contribution is 0.174. The molecule has 1 heterocycles. The smallest absolute Gasteiger partial charge is 0.231 e. The molecule has 2 aromatic carbocycles. The quantitative estimate of drug-likeness (QED) is 0.613. The molecular weight excluding hydrogens is 337 g/mol. The third-order valence-electron chi connectivity index (χ3n) is 3.84. The molecule has 0 saturated heterocycles. The second-order valence-electron chi connectivity index (χ2n) is 5.85. The number of halogens is 1. The van der Waals surface area contributed by atoms with Crippen molar-refractivity contribution in [1.82, 2.24) is 10.6 Å². The summed E-state index contributed by atoms with van der Waals surface area (Å²) in [4.78, 5) is 4.18. The molecular formula is C19H22FN3O3. The summed E-state index contributed by atoms with van der Waals surface area (Å²) in [6.45, 7) is 3.19. The van der Waals surface area contributed by atoms with Gasteiger partial charge in [0.2, 0.25) is 6.79 Å². The number of ether oxygens (including phenoxy) is 3. The first-order chi connectivity index (χ1) is 12.7. The number of para-hydroxylation sites is 1. The van der Waals surface area contributed by atoms with Gasteiger partial charge in [0.1, 0.15) is 6.10 Å². The van der Waals surface area contributed by atoms with E-state index in [1.54, 1.807) is 25.2 Å². The molecule has 1 aliphatic rings.